The zero-order chi connectivity index (χ0) is 19.2. The standard InChI is InChI=1S/C20H21FN2O4/c1-13(27-17-9-6-16(21)7-10-17)20(25)23-22-19(24)12-26-18-8-5-14-3-2-4-15(14)11-18/h5-11,13H,2-4,12H2,1H3,(H,22,24)(H,23,25). The lowest BCUT2D eigenvalue weighted by atomic mass is 10.1. The lowest BCUT2D eigenvalue weighted by molar-refractivity contribution is -0.133. The lowest BCUT2D eigenvalue weighted by Crippen LogP contribution is -2.48. The van der Waals surface area contributed by atoms with Gasteiger partial charge in [-0.1, -0.05) is 6.07 Å². The number of aryl methyl sites for hydroxylation is 2. The van der Waals surface area contributed by atoms with Crippen LogP contribution in [0.1, 0.15) is 24.5 Å². The summed E-state index contributed by atoms with van der Waals surface area (Å²) in [7, 11) is 0. The van der Waals surface area contributed by atoms with Crippen LogP contribution in [0.25, 0.3) is 0 Å². The molecular weight excluding hydrogens is 351 g/mol. The summed E-state index contributed by atoms with van der Waals surface area (Å²) >= 11 is 0. The van der Waals surface area contributed by atoms with Gasteiger partial charge in [-0.05, 0) is 73.7 Å². The molecule has 3 rings (SSSR count). The zero-order valence-electron chi connectivity index (χ0n) is 15.0. The predicted molar refractivity (Wildman–Crippen MR) is 96.7 cm³/mol. The highest BCUT2D eigenvalue weighted by atomic mass is 19.1. The number of ether oxygens (including phenoxy) is 2. The van der Waals surface area contributed by atoms with E-state index in [2.05, 4.69) is 10.9 Å². The molecule has 1 atom stereocenters. The number of nitrogens with one attached hydrogen (secondary N) is 2. The largest absolute Gasteiger partial charge is 0.484 e. The van der Waals surface area contributed by atoms with Crippen LogP contribution >= 0.6 is 0 Å². The van der Waals surface area contributed by atoms with Crippen molar-refractivity contribution in [3.05, 3.63) is 59.4 Å². The number of amides is 2. The zero-order valence-corrected chi connectivity index (χ0v) is 15.0. The summed E-state index contributed by atoms with van der Waals surface area (Å²) < 4.78 is 23.7. The molecule has 27 heavy (non-hydrogen) atoms. The Kier molecular flexibility index (Phi) is 5.90. The summed E-state index contributed by atoms with van der Waals surface area (Å²) in [6.45, 7) is 1.30. The van der Waals surface area contributed by atoms with Crippen molar-refractivity contribution in [3.63, 3.8) is 0 Å². The smallest absolute Gasteiger partial charge is 0.279 e. The molecule has 0 radical (unpaired) electrons. The predicted octanol–water partition coefficient (Wildman–Crippen LogP) is 2.31. The fourth-order valence-corrected chi connectivity index (χ4v) is 2.83. The monoisotopic (exact) mass is 372 g/mol. The van der Waals surface area contributed by atoms with Crippen molar-refractivity contribution in [2.45, 2.75) is 32.3 Å². The number of hydrogen-bond donors (Lipinski definition) is 2. The van der Waals surface area contributed by atoms with Crippen LogP contribution in [0.15, 0.2) is 42.5 Å². The fourth-order valence-electron chi connectivity index (χ4n) is 2.83. The number of carbonyl (C=O) groups is 2. The first-order valence-electron chi connectivity index (χ1n) is 8.77. The van der Waals surface area contributed by atoms with Gasteiger partial charge in [-0.15, -0.1) is 0 Å². The van der Waals surface area contributed by atoms with Gasteiger partial charge in [0.25, 0.3) is 11.8 Å². The van der Waals surface area contributed by atoms with E-state index in [0.29, 0.717) is 11.5 Å². The first kappa shape index (κ1) is 18.7. The summed E-state index contributed by atoms with van der Waals surface area (Å²) in [6, 6.07) is 11.1. The van der Waals surface area contributed by atoms with E-state index in [4.69, 9.17) is 9.47 Å². The molecule has 7 heteroatoms. The van der Waals surface area contributed by atoms with Crippen LogP contribution in [-0.2, 0) is 22.4 Å². The third-order valence-corrected chi connectivity index (χ3v) is 4.26. The number of halogens is 1. The molecule has 142 valence electrons. The summed E-state index contributed by atoms with van der Waals surface area (Å²) in [5.41, 5.74) is 7.14. The number of rotatable bonds is 6. The number of fused-ring (bicyclic) bond motifs is 1. The molecule has 0 aliphatic heterocycles. The van der Waals surface area contributed by atoms with Gasteiger partial charge in [0.1, 0.15) is 17.3 Å². The van der Waals surface area contributed by atoms with Gasteiger partial charge < -0.3 is 9.47 Å². The molecule has 0 spiro atoms. The normalized spacial score (nSPS) is 13.4. The highest BCUT2D eigenvalue weighted by Gasteiger charge is 2.16. The van der Waals surface area contributed by atoms with Crippen LogP contribution in [0.2, 0.25) is 0 Å². The van der Waals surface area contributed by atoms with Crippen LogP contribution in [-0.4, -0.2) is 24.5 Å². The highest BCUT2D eigenvalue weighted by Crippen LogP contribution is 2.25. The lowest BCUT2D eigenvalue weighted by Gasteiger charge is -2.15. The first-order valence-corrected chi connectivity index (χ1v) is 8.77. The van der Waals surface area contributed by atoms with Gasteiger partial charge in [0.15, 0.2) is 12.7 Å². The summed E-state index contributed by atoms with van der Waals surface area (Å²) in [5.74, 6) is -0.436. The molecule has 2 aromatic rings. The van der Waals surface area contributed by atoms with Crippen molar-refractivity contribution in [3.8, 4) is 11.5 Å². The molecule has 1 aliphatic rings. The van der Waals surface area contributed by atoms with Gasteiger partial charge in [0.05, 0.1) is 0 Å². The minimum Gasteiger partial charge on any atom is -0.484 e. The average Bonchev–Trinajstić information content (AvgIpc) is 3.14. The molecule has 0 saturated carbocycles. The van der Waals surface area contributed by atoms with E-state index in [1.165, 1.54) is 42.3 Å². The summed E-state index contributed by atoms with van der Waals surface area (Å²) in [5, 5.41) is 0. The third kappa shape index (κ3) is 5.20. The second-order valence-electron chi connectivity index (χ2n) is 6.32. The SMILES string of the molecule is CC(Oc1ccc(F)cc1)C(=O)NNC(=O)COc1ccc2c(c1)CCC2. The summed E-state index contributed by atoms with van der Waals surface area (Å²) in [4.78, 5) is 23.8. The van der Waals surface area contributed by atoms with E-state index in [9.17, 15) is 14.0 Å². The number of hydrogen-bond acceptors (Lipinski definition) is 4. The van der Waals surface area contributed by atoms with Crippen molar-refractivity contribution < 1.29 is 23.5 Å². The quantitative estimate of drug-likeness (QED) is 0.763. The topological polar surface area (TPSA) is 76.7 Å². The van der Waals surface area contributed by atoms with E-state index in [0.717, 1.165) is 19.3 Å². The first-order chi connectivity index (χ1) is 13.0. The van der Waals surface area contributed by atoms with Crippen LogP contribution in [0.4, 0.5) is 4.39 Å². The van der Waals surface area contributed by atoms with Gasteiger partial charge in [0, 0.05) is 0 Å². The third-order valence-electron chi connectivity index (χ3n) is 4.26. The van der Waals surface area contributed by atoms with Crippen LogP contribution < -0.4 is 20.3 Å². The van der Waals surface area contributed by atoms with Crippen molar-refractivity contribution in [1.82, 2.24) is 10.9 Å². The van der Waals surface area contributed by atoms with E-state index < -0.39 is 23.7 Å². The van der Waals surface area contributed by atoms with Gasteiger partial charge in [-0.3, -0.25) is 20.4 Å². The minimum atomic E-state index is -0.867. The molecule has 0 saturated heterocycles. The molecule has 0 aromatic heterocycles. The molecule has 6 nitrogen and oxygen atoms in total. The molecule has 1 aliphatic carbocycles. The van der Waals surface area contributed by atoms with Crippen LogP contribution in [0.3, 0.4) is 0 Å². The Balaban J connectivity index is 1.40. The molecule has 0 fully saturated rings. The van der Waals surface area contributed by atoms with Gasteiger partial charge in [0.2, 0.25) is 0 Å². The van der Waals surface area contributed by atoms with E-state index in [1.807, 2.05) is 18.2 Å². The maximum Gasteiger partial charge on any atom is 0.279 e. The Morgan fingerprint density at radius 2 is 1.74 bits per heavy atom. The number of benzene rings is 2. The van der Waals surface area contributed by atoms with E-state index in [-0.39, 0.29) is 6.61 Å². The van der Waals surface area contributed by atoms with E-state index in [1.54, 1.807) is 0 Å². The maximum absolute atomic E-state index is 12.9. The Hall–Kier alpha value is -3.09. The molecule has 2 N–H and O–H groups in total. The van der Waals surface area contributed by atoms with Gasteiger partial charge in [-0.25, -0.2) is 4.39 Å². The molecule has 2 amide bonds. The molecule has 0 bridgehead atoms. The van der Waals surface area contributed by atoms with Gasteiger partial charge >= 0.3 is 0 Å². The van der Waals surface area contributed by atoms with E-state index >= 15 is 0 Å². The second-order valence-corrected chi connectivity index (χ2v) is 6.32. The second kappa shape index (κ2) is 8.53. The van der Waals surface area contributed by atoms with Crippen molar-refractivity contribution >= 4 is 11.8 Å². The molecule has 2 aromatic carbocycles. The van der Waals surface area contributed by atoms with Crippen LogP contribution in [0, 0.1) is 5.82 Å². The fraction of sp³-hybridized carbons (Fsp3) is 0.300. The Bertz CT molecular complexity index is 823. The Morgan fingerprint density at radius 1 is 1.04 bits per heavy atom. The number of hydrazine groups is 1. The van der Waals surface area contributed by atoms with Crippen molar-refractivity contribution in [2.75, 3.05) is 6.61 Å². The highest BCUT2D eigenvalue weighted by molar-refractivity contribution is 5.85. The molecule has 0 heterocycles. The molecule has 1 unspecified atom stereocenters. The van der Waals surface area contributed by atoms with Crippen LogP contribution in [0.5, 0.6) is 11.5 Å². The Labute approximate surface area is 156 Å². The molecular formula is C20H21FN2O4. The van der Waals surface area contributed by atoms with Gasteiger partial charge in [-0.2, -0.15) is 0 Å². The average molecular weight is 372 g/mol. The van der Waals surface area contributed by atoms with Crippen molar-refractivity contribution in [1.29, 1.82) is 0 Å². The number of carbonyl (C=O) groups excluding carboxylic acids is 2. The minimum absolute atomic E-state index is 0.216. The maximum atomic E-state index is 12.9. The summed E-state index contributed by atoms with van der Waals surface area (Å²) in [6.07, 6.45) is 2.39. The Morgan fingerprint density at radius 3 is 2.52 bits per heavy atom. The van der Waals surface area contributed by atoms with Crippen molar-refractivity contribution in [2.24, 2.45) is 0 Å².